The van der Waals surface area contributed by atoms with Crippen molar-refractivity contribution in [1.82, 2.24) is 14.9 Å². The van der Waals surface area contributed by atoms with Gasteiger partial charge in [0.1, 0.15) is 0 Å². The van der Waals surface area contributed by atoms with Crippen LogP contribution in [0.15, 0.2) is 42.2 Å². The number of nitrogens with one attached hydrogen (secondary N) is 2. The predicted molar refractivity (Wildman–Crippen MR) is 83.3 cm³/mol. The van der Waals surface area contributed by atoms with E-state index in [1.807, 2.05) is 30.6 Å². The Bertz CT molecular complexity index is 839. The molecule has 0 fully saturated rings. The van der Waals surface area contributed by atoms with E-state index in [1.54, 1.807) is 16.9 Å². The van der Waals surface area contributed by atoms with Crippen molar-refractivity contribution in [1.29, 1.82) is 0 Å². The van der Waals surface area contributed by atoms with Crippen LogP contribution in [0.5, 0.6) is 0 Å². The van der Waals surface area contributed by atoms with Gasteiger partial charge in [-0.2, -0.15) is 0 Å². The Labute approximate surface area is 129 Å². The van der Waals surface area contributed by atoms with E-state index in [4.69, 9.17) is 5.11 Å². The summed E-state index contributed by atoms with van der Waals surface area (Å²) in [5, 5.41) is 15.5. The van der Waals surface area contributed by atoms with Gasteiger partial charge in [0.15, 0.2) is 0 Å². The number of aromatic nitrogens is 2. The van der Waals surface area contributed by atoms with Gasteiger partial charge in [-0.05, 0) is 18.2 Å². The molecule has 0 unspecified atom stereocenters. The zero-order valence-corrected chi connectivity index (χ0v) is 12.1. The molecule has 0 bridgehead atoms. The molecule has 3 N–H and O–H groups in total. The molecule has 3 amide bonds. The summed E-state index contributed by atoms with van der Waals surface area (Å²) >= 11 is 1.49. The maximum Gasteiger partial charge on any atom is 0.412 e. The maximum absolute atomic E-state index is 11.3. The normalized spacial score (nSPS) is 10.5. The van der Waals surface area contributed by atoms with Gasteiger partial charge in [0.2, 0.25) is 0 Å². The Balaban J connectivity index is 1.72. The minimum atomic E-state index is -1.39. The van der Waals surface area contributed by atoms with Crippen molar-refractivity contribution in [3.63, 3.8) is 0 Å². The van der Waals surface area contributed by atoms with Crippen molar-refractivity contribution in [2.45, 2.75) is 6.54 Å². The van der Waals surface area contributed by atoms with Crippen molar-refractivity contribution in [3.8, 4) is 0 Å². The minimum Gasteiger partial charge on any atom is -0.465 e. The molecule has 3 aromatic heterocycles. The highest BCUT2D eigenvalue weighted by atomic mass is 32.1. The molecule has 0 saturated heterocycles. The number of carboxylic acid groups (broad SMARTS) is 1. The fourth-order valence-corrected chi connectivity index (χ4v) is 2.95. The van der Waals surface area contributed by atoms with Crippen LogP contribution in [0, 0.1) is 0 Å². The molecule has 0 spiro atoms. The van der Waals surface area contributed by atoms with Gasteiger partial charge in [0.25, 0.3) is 0 Å². The summed E-state index contributed by atoms with van der Waals surface area (Å²) in [5.41, 5.74) is 1.65. The molecule has 3 aromatic rings. The highest BCUT2D eigenvalue weighted by molar-refractivity contribution is 7.10. The molecule has 112 valence electrons. The predicted octanol–water partition coefficient (Wildman–Crippen LogP) is 2.95. The number of hydrogen-bond donors (Lipinski definition) is 3. The second kappa shape index (κ2) is 5.86. The molecule has 0 aromatic carbocycles. The highest BCUT2D eigenvalue weighted by Crippen LogP contribution is 2.22. The van der Waals surface area contributed by atoms with Crippen LogP contribution in [0.1, 0.15) is 4.88 Å². The van der Waals surface area contributed by atoms with Gasteiger partial charge >= 0.3 is 12.1 Å². The Hall–Kier alpha value is -2.87. The lowest BCUT2D eigenvalue weighted by atomic mass is 10.3. The second-order valence-corrected chi connectivity index (χ2v) is 5.56. The third-order valence-electron chi connectivity index (χ3n) is 3.03. The number of imide groups is 1. The van der Waals surface area contributed by atoms with Crippen LogP contribution >= 0.6 is 11.3 Å². The third-order valence-corrected chi connectivity index (χ3v) is 3.95. The number of amides is 3. The third kappa shape index (κ3) is 3.07. The molecule has 22 heavy (non-hydrogen) atoms. The monoisotopic (exact) mass is 316 g/mol. The number of carbonyl (C=O) groups excluding carboxylic acids is 1. The fourth-order valence-electron chi connectivity index (χ4n) is 2.13. The van der Waals surface area contributed by atoms with E-state index in [9.17, 15) is 9.59 Å². The van der Waals surface area contributed by atoms with Crippen LogP contribution in [0.4, 0.5) is 15.3 Å². The van der Waals surface area contributed by atoms with Gasteiger partial charge in [0.05, 0.1) is 17.7 Å². The number of urea groups is 1. The number of hydrogen-bond acceptors (Lipinski definition) is 4. The van der Waals surface area contributed by atoms with Crippen molar-refractivity contribution in [3.05, 3.63) is 47.0 Å². The SMILES string of the molecule is O=C(O)NC(=O)Nc1csc(Cn2ccc3cnccc32)c1. The largest absolute Gasteiger partial charge is 0.465 e. The molecular formula is C14H12N4O3S. The summed E-state index contributed by atoms with van der Waals surface area (Å²) in [6, 6.07) is 4.99. The van der Waals surface area contributed by atoms with E-state index in [0.717, 1.165) is 15.8 Å². The topological polar surface area (TPSA) is 96.3 Å². The van der Waals surface area contributed by atoms with Crippen molar-refractivity contribution >= 4 is 40.1 Å². The highest BCUT2D eigenvalue weighted by Gasteiger charge is 2.08. The van der Waals surface area contributed by atoms with E-state index < -0.39 is 12.1 Å². The number of rotatable bonds is 3. The lowest BCUT2D eigenvalue weighted by molar-refractivity contribution is 0.194. The van der Waals surface area contributed by atoms with Gasteiger partial charge in [-0.3, -0.25) is 4.98 Å². The zero-order valence-electron chi connectivity index (χ0n) is 11.3. The average Bonchev–Trinajstić information content (AvgIpc) is 3.06. The van der Waals surface area contributed by atoms with Gasteiger partial charge < -0.3 is 15.0 Å². The molecule has 0 radical (unpaired) electrons. The van der Waals surface area contributed by atoms with Crippen molar-refractivity contribution in [2.24, 2.45) is 0 Å². The van der Waals surface area contributed by atoms with E-state index in [2.05, 4.69) is 14.9 Å². The number of fused-ring (bicyclic) bond motifs is 1. The van der Waals surface area contributed by atoms with Crippen LogP contribution < -0.4 is 10.6 Å². The minimum absolute atomic E-state index is 0.567. The summed E-state index contributed by atoms with van der Waals surface area (Å²) in [5.74, 6) is 0. The van der Waals surface area contributed by atoms with Gasteiger partial charge in [0, 0.05) is 34.2 Å². The Morgan fingerprint density at radius 2 is 2.23 bits per heavy atom. The van der Waals surface area contributed by atoms with Crippen LogP contribution in [-0.2, 0) is 6.54 Å². The summed E-state index contributed by atoms with van der Waals surface area (Å²) < 4.78 is 2.09. The molecule has 0 saturated carbocycles. The number of pyridine rings is 1. The number of thiophene rings is 1. The van der Waals surface area contributed by atoms with E-state index in [1.165, 1.54) is 11.3 Å². The number of nitrogens with zero attached hydrogens (tertiary/aromatic N) is 2. The molecule has 0 aliphatic carbocycles. The van der Waals surface area contributed by atoms with Crippen LogP contribution in [0.3, 0.4) is 0 Å². The number of carbonyl (C=O) groups is 2. The summed E-state index contributed by atoms with van der Waals surface area (Å²) in [6.45, 7) is 0.667. The van der Waals surface area contributed by atoms with Crippen LogP contribution in [0.25, 0.3) is 10.9 Å². The molecule has 0 atom stereocenters. The van der Waals surface area contributed by atoms with Gasteiger partial charge in [-0.25, -0.2) is 14.9 Å². The lowest BCUT2D eigenvalue weighted by Crippen LogP contribution is -2.32. The molecule has 8 heteroatoms. The standard InChI is InChI=1S/C14H12N4O3S/c19-13(17-14(20)21)16-10-5-11(22-8-10)7-18-4-2-9-6-15-3-1-12(9)18/h1-6,8H,7H2,(H,20,21)(H2,16,17,19). The Morgan fingerprint density at radius 1 is 1.36 bits per heavy atom. The van der Waals surface area contributed by atoms with Gasteiger partial charge in [-0.1, -0.05) is 0 Å². The van der Waals surface area contributed by atoms with E-state index in [-0.39, 0.29) is 0 Å². The summed E-state index contributed by atoms with van der Waals surface area (Å²) in [6.07, 6.45) is 4.15. The zero-order chi connectivity index (χ0) is 15.5. The van der Waals surface area contributed by atoms with E-state index in [0.29, 0.717) is 12.2 Å². The molecule has 0 aliphatic rings. The smallest absolute Gasteiger partial charge is 0.412 e. The summed E-state index contributed by atoms with van der Waals surface area (Å²) in [7, 11) is 0. The summed E-state index contributed by atoms with van der Waals surface area (Å²) in [4.78, 5) is 26.8. The average molecular weight is 316 g/mol. The molecule has 7 nitrogen and oxygen atoms in total. The number of anilines is 1. The Kier molecular flexibility index (Phi) is 3.75. The molecular weight excluding hydrogens is 304 g/mol. The lowest BCUT2D eigenvalue weighted by Gasteiger charge is -2.03. The van der Waals surface area contributed by atoms with Gasteiger partial charge in [-0.15, -0.1) is 11.3 Å². The van der Waals surface area contributed by atoms with Crippen molar-refractivity contribution < 1.29 is 14.7 Å². The van der Waals surface area contributed by atoms with Crippen LogP contribution in [0.2, 0.25) is 0 Å². The first kappa shape index (κ1) is 14.1. The quantitative estimate of drug-likeness (QED) is 0.692. The fraction of sp³-hybridized carbons (Fsp3) is 0.0714. The first-order valence-electron chi connectivity index (χ1n) is 6.39. The van der Waals surface area contributed by atoms with Crippen molar-refractivity contribution in [2.75, 3.05) is 5.32 Å². The first-order valence-corrected chi connectivity index (χ1v) is 7.27. The first-order chi connectivity index (χ1) is 10.6. The maximum atomic E-state index is 11.3. The molecule has 0 aliphatic heterocycles. The van der Waals surface area contributed by atoms with Crippen LogP contribution in [-0.4, -0.2) is 26.8 Å². The molecule has 3 rings (SSSR count). The molecule has 3 heterocycles. The van der Waals surface area contributed by atoms with E-state index >= 15 is 0 Å². The second-order valence-electron chi connectivity index (χ2n) is 4.56. The Morgan fingerprint density at radius 3 is 3.05 bits per heavy atom.